The van der Waals surface area contributed by atoms with E-state index >= 15 is 0 Å². The number of hydrogen-bond donors (Lipinski definition) is 1. The van der Waals surface area contributed by atoms with Crippen molar-refractivity contribution in [2.24, 2.45) is 0 Å². The number of carbonyl (C=O) groups excluding carboxylic acids is 3. The lowest BCUT2D eigenvalue weighted by molar-refractivity contribution is -0.129. The minimum absolute atomic E-state index is 0.0536. The van der Waals surface area contributed by atoms with E-state index in [1.807, 2.05) is 0 Å². The average molecular weight is 508 g/mol. The van der Waals surface area contributed by atoms with E-state index in [1.54, 1.807) is 25.7 Å². The van der Waals surface area contributed by atoms with Gasteiger partial charge in [-0.25, -0.2) is 13.2 Å². The summed E-state index contributed by atoms with van der Waals surface area (Å²) in [6.45, 7) is 8.48. The molecule has 184 valence electrons. The van der Waals surface area contributed by atoms with E-state index in [4.69, 9.17) is 4.74 Å². The van der Waals surface area contributed by atoms with Crippen LogP contribution in [0, 0.1) is 0 Å². The third-order valence-electron chi connectivity index (χ3n) is 5.67. The first-order chi connectivity index (χ1) is 16.1. The molecule has 0 unspecified atom stereocenters. The van der Waals surface area contributed by atoms with Crippen molar-refractivity contribution in [3.05, 3.63) is 45.8 Å². The highest BCUT2D eigenvalue weighted by molar-refractivity contribution is 7.89. The molecule has 0 saturated carbocycles. The van der Waals surface area contributed by atoms with E-state index in [0.717, 1.165) is 10.4 Å². The Kier molecular flexibility index (Phi) is 8.11. The van der Waals surface area contributed by atoms with Gasteiger partial charge in [0.1, 0.15) is 5.00 Å². The van der Waals surface area contributed by atoms with E-state index in [1.165, 1.54) is 46.8 Å². The smallest absolute Gasteiger partial charge is 0.341 e. The Labute approximate surface area is 203 Å². The van der Waals surface area contributed by atoms with Crippen LogP contribution in [-0.2, 0) is 32.5 Å². The van der Waals surface area contributed by atoms with Crippen LogP contribution in [-0.4, -0.2) is 61.6 Å². The van der Waals surface area contributed by atoms with Crippen molar-refractivity contribution in [2.75, 3.05) is 31.6 Å². The van der Waals surface area contributed by atoms with E-state index < -0.39 is 21.9 Å². The van der Waals surface area contributed by atoms with Gasteiger partial charge >= 0.3 is 5.97 Å². The van der Waals surface area contributed by atoms with Gasteiger partial charge in [0.25, 0.3) is 5.91 Å². The van der Waals surface area contributed by atoms with Gasteiger partial charge in [-0.3, -0.25) is 9.59 Å². The number of anilines is 1. The van der Waals surface area contributed by atoms with Crippen LogP contribution >= 0.6 is 11.3 Å². The highest BCUT2D eigenvalue weighted by atomic mass is 32.2. The summed E-state index contributed by atoms with van der Waals surface area (Å²) in [6, 6.07) is 5.69. The molecular formula is C23H29N3O6S2. The van der Waals surface area contributed by atoms with E-state index in [0.29, 0.717) is 43.2 Å². The maximum Gasteiger partial charge on any atom is 0.341 e. The number of sulfonamides is 1. The summed E-state index contributed by atoms with van der Waals surface area (Å²) in [7, 11) is -3.63. The average Bonchev–Trinajstić information content (AvgIpc) is 3.16. The number of nitrogens with one attached hydrogen (secondary N) is 1. The third kappa shape index (κ3) is 5.16. The predicted octanol–water partition coefficient (Wildman–Crippen LogP) is 3.11. The van der Waals surface area contributed by atoms with E-state index in [2.05, 4.69) is 5.32 Å². The number of ether oxygens (including phenoxy) is 1. The van der Waals surface area contributed by atoms with Gasteiger partial charge in [0, 0.05) is 37.0 Å². The summed E-state index contributed by atoms with van der Waals surface area (Å²) in [5, 5.41) is 3.15. The molecule has 9 nitrogen and oxygen atoms in total. The maximum absolute atomic E-state index is 13.0. The molecule has 2 heterocycles. The molecule has 1 aliphatic rings. The summed E-state index contributed by atoms with van der Waals surface area (Å²) < 4.78 is 31.9. The Hall–Kier alpha value is -2.76. The summed E-state index contributed by atoms with van der Waals surface area (Å²) in [5.74, 6) is -1.05. The fourth-order valence-electron chi connectivity index (χ4n) is 3.85. The first kappa shape index (κ1) is 25.9. The van der Waals surface area contributed by atoms with Gasteiger partial charge in [0.15, 0.2) is 0 Å². The summed E-state index contributed by atoms with van der Waals surface area (Å²) in [4.78, 5) is 40.1. The van der Waals surface area contributed by atoms with Crippen LogP contribution in [0.2, 0.25) is 0 Å². The second-order valence-corrected chi connectivity index (χ2v) is 10.7. The topological polar surface area (TPSA) is 113 Å². The van der Waals surface area contributed by atoms with Crippen LogP contribution in [0.1, 0.15) is 58.9 Å². The maximum atomic E-state index is 13.0. The van der Waals surface area contributed by atoms with Gasteiger partial charge in [0.05, 0.1) is 23.6 Å². The fourth-order valence-corrected chi connectivity index (χ4v) is 6.55. The summed E-state index contributed by atoms with van der Waals surface area (Å²) in [5.41, 5.74) is 1.36. The van der Waals surface area contributed by atoms with Gasteiger partial charge in [-0.15, -0.1) is 11.3 Å². The van der Waals surface area contributed by atoms with Crippen molar-refractivity contribution in [2.45, 2.75) is 45.6 Å². The van der Waals surface area contributed by atoms with Crippen molar-refractivity contribution in [3.8, 4) is 0 Å². The molecule has 34 heavy (non-hydrogen) atoms. The molecule has 0 aliphatic carbocycles. The zero-order chi connectivity index (χ0) is 25.0. The Morgan fingerprint density at radius 1 is 1.12 bits per heavy atom. The minimum atomic E-state index is -3.63. The van der Waals surface area contributed by atoms with Crippen molar-refractivity contribution in [1.29, 1.82) is 0 Å². The predicted molar refractivity (Wildman–Crippen MR) is 130 cm³/mol. The first-order valence-corrected chi connectivity index (χ1v) is 13.4. The molecule has 0 bridgehead atoms. The monoisotopic (exact) mass is 507 g/mol. The zero-order valence-corrected chi connectivity index (χ0v) is 21.3. The molecule has 1 N–H and O–H groups in total. The highest BCUT2D eigenvalue weighted by Crippen LogP contribution is 2.38. The van der Waals surface area contributed by atoms with Crippen molar-refractivity contribution in [3.63, 3.8) is 0 Å². The summed E-state index contributed by atoms with van der Waals surface area (Å²) in [6.07, 6.45) is 0.493. The molecule has 0 radical (unpaired) electrons. The number of nitrogens with zero attached hydrogens (tertiary/aromatic N) is 2. The molecule has 2 aromatic rings. The van der Waals surface area contributed by atoms with Crippen LogP contribution in [0.5, 0.6) is 0 Å². The molecule has 1 aliphatic heterocycles. The number of amides is 2. The van der Waals surface area contributed by atoms with Crippen LogP contribution in [0.4, 0.5) is 5.00 Å². The number of rotatable bonds is 8. The molecule has 1 aromatic heterocycles. The number of benzene rings is 1. The van der Waals surface area contributed by atoms with Gasteiger partial charge in [-0.05, 0) is 43.2 Å². The normalized spacial score (nSPS) is 13.5. The number of fused-ring (bicyclic) bond motifs is 1. The Morgan fingerprint density at radius 3 is 2.32 bits per heavy atom. The lowest BCUT2D eigenvalue weighted by Crippen LogP contribution is -2.34. The minimum Gasteiger partial charge on any atom is -0.462 e. The van der Waals surface area contributed by atoms with Gasteiger partial charge in [0.2, 0.25) is 15.9 Å². The quantitative estimate of drug-likeness (QED) is 0.550. The second-order valence-electron chi connectivity index (χ2n) is 7.69. The number of carbonyl (C=O) groups is 3. The van der Waals surface area contributed by atoms with Crippen LogP contribution < -0.4 is 5.32 Å². The Balaban J connectivity index is 1.88. The summed E-state index contributed by atoms with van der Waals surface area (Å²) >= 11 is 1.25. The second kappa shape index (κ2) is 10.7. The standard InChI is InChI=1S/C23H29N3O6S2/c1-5-26(6-2)34(30,31)17-10-8-16(9-11-17)21(28)24-22-20(23(29)32-7-3)18-12-13-25(15(4)27)14-19(18)33-22/h8-11H,5-7,12-14H2,1-4H3,(H,24,28). The largest absolute Gasteiger partial charge is 0.462 e. The van der Waals surface area contributed by atoms with Crippen molar-refractivity contribution < 1.29 is 27.5 Å². The number of thiophene rings is 1. The van der Waals surface area contributed by atoms with Crippen LogP contribution in [0.25, 0.3) is 0 Å². The van der Waals surface area contributed by atoms with Gasteiger partial charge in [-0.1, -0.05) is 13.8 Å². The van der Waals surface area contributed by atoms with Crippen LogP contribution in [0.15, 0.2) is 29.2 Å². The molecule has 2 amide bonds. The Bertz CT molecular complexity index is 1180. The lowest BCUT2D eigenvalue weighted by Gasteiger charge is -2.25. The van der Waals surface area contributed by atoms with Crippen LogP contribution in [0.3, 0.4) is 0 Å². The first-order valence-electron chi connectivity index (χ1n) is 11.1. The molecule has 0 spiro atoms. The SMILES string of the molecule is CCOC(=O)c1c(NC(=O)c2ccc(S(=O)(=O)N(CC)CC)cc2)sc2c1CCN(C(C)=O)C2. The van der Waals surface area contributed by atoms with Gasteiger partial charge < -0.3 is 15.0 Å². The fraction of sp³-hybridized carbons (Fsp3) is 0.435. The van der Waals surface area contributed by atoms with E-state index in [9.17, 15) is 22.8 Å². The van der Waals surface area contributed by atoms with Crippen molar-refractivity contribution in [1.82, 2.24) is 9.21 Å². The number of esters is 1. The molecule has 3 rings (SSSR count). The number of hydrogen-bond acceptors (Lipinski definition) is 7. The molecular weight excluding hydrogens is 478 g/mol. The molecule has 0 fully saturated rings. The third-order valence-corrected chi connectivity index (χ3v) is 8.86. The molecule has 0 atom stereocenters. The van der Waals surface area contributed by atoms with Crippen molar-refractivity contribution >= 4 is 44.1 Å². The zero-order valence-electron chi connectivity index (χ0n) is 19.7. The molecule has 0 saturated heterocycles. The molecule has 11 heteroatoms. The lowest BCUT2D eigenvalue weighted by atomic mass is 10.0. The Morgan fingerprint density at radius 2 is 1.76 bits per heavy atom. The van der Waals surface area contributed by atoms with Gasteiger partial charge in [-0.2, -0.15) is 4.31 Å². The molecule has 1 aromatic carbocycles. The van der Waals surface area contributed by atoms with E-state index in [-0.39, 0.29) is 23.0 Å². The highest BCUT2D eigenvalue weighted by Gasteiger charge is 2.30.